The molecule has 33 heteroatoms. The third-order valence-electron chi connectivity index (χ3n) is 27.3. The molecule has 7 saturated carbocycles. The summed E-state index contributed by atoms with van der Waals surface area (Å²) in [6.07, 6.45) is 29.8. The topological polar surface area (TPSA) is 379 Å². The molecule has 0 bridgehead atoms. The van der Waals surface area contributed by atoms with Crippen molar-refractivity contribution in [1.29, 1.82) is 0 Å². The summed E-state index contributed by atoms with van der Waals surface area (Å²) in [5.74, 6) is 4.32. The molecule has 7 aliphatic carbocycles. The van der Waals surface area contributed by atoms with Gasteiger partial charge in [-0.2, -0.15) is 38.0 Å². The van der Waals surface area contributed by atoms with Crippen LogP contribution in [-0.2, 0) is 71.0 Å². The summed E-state index contributed by atoms with van der Waals surface area (Å²) in [4.78, 5) is 146. The number of likely N-dealkylation sites (N-methyl/N-ethyl adjacent to an activating group) is 3. The standard InChI is InChI=1S/C28H30ClN5O3.C26H33N5O3.C24H29N5O3.C23H27N5O3/c1-33(16-13-20-9-8-12-22(29)17-20)26(36)28(14-6-3-7-15-28)37-19-23-18-24(35)34-27(30-23)31-25(32-34)21-10-4-2-5-11-21;1-30(21-13-7-3-8-14-21)24(33)26(15-9-4-10-16-26)34-18-20-17-22(32)31-25(27-20)28-23(29-31)19-11-5-2-6-12-19;30-20-15-19(26-23-27-21(28-29(20)23)18-7-3-1-4-8-18)16-32-24(12-5-2-6-13-24)22(31)25-14-11-17-9-10-17;1-27(18-10-11-18)21(30)23(12-6-3-7-13-23)31-15-17-14-19(29)28-22(24-17)25-20(26-28)16-8-4-2-5-9-16/h2,4-5,8-12,17-18H,3,6-7,13-16,19H2,1H3,(H,30,31,32);2,5-6,11-12,17,21H,3-4,7-10,13-16,18H2,1H3,(H,27,28,29);1,3-4,7-8,15,17H,2,5-6,9-14,16H2,(H,25,31)(H,26,27,28);2,4-5,8-9,14,18H,3,6-7,10-13,15H2,1H3,(H,24,25,26). The van der Waals surface area contributed by atoms with Gasteiger partial charge in [-0.25, -0.2) is 19.9 Å². The van der Waals surface area contributed by atoms with Gasteiger partial charge in [0, 0.05) is 97.9 Å². The van der Waals surface area contributed by atoms with E-state index in [1.54, 1.807) is 4.90 Å². The fraction of sp³-hybridized carbons (Fsp3) is 0.465. The molecule has 13 aromatic rings. The Bertz CT molecular complexity index is 6470. The van der Waals surface area contributed by atoms with Crippen LogP contribution in [0.3, 0.4) is 0 Å². The van der Waals surface area contributed by atoms with Crippen LogP contribution in [0.2, 0.25) is 5.02 Å². The van der Waals surface area contributed by atoms with E-state index < -0.39 is 22.4 Å². The second-order valence-corrected chi connectivity index (χ2v) is 37.4. The van der Waals surface area contributed by atoms with Crippen LogP contribution < -0.4 is 27.6 Å². The van der Waals surface area contributed by atoms with Gasteiger partial charge < -0.3 is 39.0 Å². The first-order chi connectivity index (χ1) is 65.2. The highest BCUT2D eigenvalue weighted by atomic mass is 35.5. The average Bonchev–Trinajstić information content (AvgIpc) is 1.54. The first-order valence-electron chi connectivity index (χ1n) is 47.7. The number of benzene rings is 5. The lowest BCUT2D eigenvalue weighted by molar-refractivity contribution is -0.167. The lowest BCUT2D eigenvalue weighted by atomic mass is 9.82. The van der Waals surface area contributed by atoms with Crippen molar-refractivity contribution in [3.8, 4) is 45.6 Å². The number of ether oxygens (including phenoxy) is 4. The maximum atomic E-state index is 13.7. The van der Waals surface area contributed by atoms with Gasteiger partial charge in [-0.05, 0) is 114 Å². The monoisotopic (exact) mass is 1840 g/mol. The highest BCUT2D eigenvalue weighted by Gasteiger charge is 2.48. The van der Waals surface area contributed by atoms with Crippen LogP contribution in [0, 0.1) is 5.92 Å². The molecule has 8 aromatic heterocycles. The van der Waals surface area contributed by atoms with Crippen molar-refractivity contribution in [3.05, 3.63) is 245 Å². The van der Waals surface area contributed by atoms with Gasteiger partial charge in [0.05, 0.1) is 49.2 Å². The van der Waals surface area contributed by atoms with Crippen molar-refractivity contribution >= 4 is 58.3 Å². The zero-order chi connectivity index (χ0) is 92.8. The number of nitrogens with zero attached hydrogens (tertiary/aromatic N) is 15. The van der Waals surface area contributed by atoms with Crippen LogP contribution in [-0.4, -0.2) is 185 Å². The molecule has 0 atom stereocenters. The van der Waals surface area contributed by atoms with Crippen LogP contribution >= 0.6 is 11.6 Å². The molecule has 7 fully saturated rings. The van der Waals surface area contributed by atoms with Crippen LogP contribution in [0.4, 0.5) is 0 Å². The predicted octanol–water partition coefficient (Wildman–Crippen LogP) is 14.9. The number of carbonyl (C=O) groups excluding carboxylic acids is 4. The van der Waals surface area contributed by atoms with Gasteiger partial charge in [0.1, 0.15) is 22.4 Å². The normalized spacial score (nSPS) is 17.4. The third-order valence-corrected chi connectivity index (χ3v) is 27.5. The van der Waals surface area contributed by atoms with Gasteiger partial charge in [-0.1, -0.05) is 254 Å². The number of rotatable bonds is 28. The fourth-order valence-corrected chi connectivity index (χ4v) is 19.5. The van der Waals surface area contributed by atoms with E-state index in [4.69, 9.17) is 30.5 Å². The minimum absolute atomic E-state index is 0.0261. The molecule has 134 heavy (non-hydrogen) atoms. The van der Waals surface area contributed by atoms with Gasteiger partial charge in [-0.15, -0.1) is 0 Å². The van der Waals surface area contributed by atoms with Gasteiger partial charge in [0.2, 0.25) is 0 Å². The molecule has 0 spiro atoms. The lowest BCUT2D eigenvalue weighted by Gasteiger charge is -2.41. The number of aromatic nitrogens is 16. The second-order valence-electron chi connectivity index (χ2n) is 37.0. The number of nitrogens with one attached hydrogen (secondary N) is 5. The molecule has 702 valence electrons. The van der Waals surface area contributed by atoms with Gasteiger partial charge in [-0.3, -0.25) is 58.8 Å². The number of fused-ring (bicyclic) bond motifs is 4. The molecular formula is C101H119ClN20O12. The Hall–Kier alpha value is -12.5. The Morgan fingerprint density at radius 1 is 0.373 bits per heavy atom. The Balaban J connectivity index is 0.000000125. The fourth-order valence-electron chi connectivity index (χ4n) is 19.2. The Morgan fingerprint density at radius 3 is 1.01 bits per heavy atom. The zero-order valence-electron chi connectivity index (χ0n) is 76.5. The highest BCUT2D eigenvalue weighted by Crippen LogP contribution is 2.41. The molecule has 32 nitrogen and oxygen atoms in total. The third kappa shape index (κ3) is 22.3. The van der Waals surface area contributed by atoms with Crippen molar-refractivity contribution in [2.75, 3.05) is 34.2 Å². The molecular weight excluding hydrogens is 1720 g/mol. The number of amides is 4. The molecule has 4 amide bonds. The summed E-state index contributed by atoms with van der Waals surface area (Å²) < 4.78 is 30.5. The average molecular weight is 1840 g/mol. The summed E-state index contributed by atoms with van der Waals surface area (Å²) >= 11 is 6.11. The number of halogens is 1. The van der Waals surface area contributed by atoms with E-state index in [1.165, 1.54) is 74.4 Å². The van der Waals surface area contributed by atoms with E-state index in [0.717, 1.165) is 143 Å². The summed E-state index contributed by atoms with van der Waals surface area (Å²) in [6.45, 7) is 1.66. The highest BCUT2D eigenvalue weighted by molar-refractivity contribution is 6.30. The van der Waals surface area contributed by atoms with Gasteiger partial charge >= 0.3 is 0 Å². The van der Waals surface area contributed by atoms with Crippen LogP contribution in [0.1, 0.15) is 221 Å². The SMILES string of the molecule is CN(C(=O)C1(OCc2cc(=O)n3[nH]c(-c4ccccc4)nc3n2)CCCCC1)C1CC1.CN(C(=O)C1(OCc2cc(=O)n3[nH]c(-c4ccccc4)nc3n2)CCCCC1)C1CCCCC1.CN(CCc1cccc(Cl)c1)C(=O)C1(OCc2cc(=O)n3[nH]c(-c4ccccc4)nc3n2)CCCCC1.O=C(NCCC1CC1)C1(OCc2cc(=O)n3[nH]c(-c4ccccc4)nc3n2)CCCCC1. The molecule has 0 unspecified atom stereocenters. The first-order valence-corrected chi connectivity index (χ1v) is 48.1. The molecule has 5 N–H and O–H groups in total. The first kappa shape index (κ1) is 93.3. The van der Waals surface area contributed by atoms with E-state index in [1.807, 2.05) is 177 Å². The van der Waals surface area contributed by atoms with E-state index in [2.05, 4.69) is 65.6 Å². The number of carbonyl (C=O) groups is 4. The lowest BCUT2D eigenvalue weighted by Crippen LogP contribution is -2.53. The largest absolute Gasteiger partial charge is 0.359 e. The smallest absolute Gasteiger partial charge is 0.274 e. The quantitative estimate of drug-likeness (QED) is 0.0304. The minimum Gasteiger partial charge on any atom is -0.359 e. The van der Waals surface area contributed by atoms with E-state index in [0.29, 0.717) is 151 Å². The number of aromatic amines is 4. The van der Waals surface area contributed by atoms with Gasteiger partial charge in [0.25, 0.3) is 69.0 Å². The Morgan fingerprint density at radius 2 is 0.687 bits per heavy atom. The van der Waals surface area contributed by atoms with Crippen LogP contribution in [0.25, 0.3) is 68.7 Å². The second kappa shape index (κ2) is 42.4. The summed E-state index contributed by atoms with van der Waals surface area (Å²) in [5.41, 5.74) is 2.04. The van der Waals surface area contributed by atoms with Crippen LogP contribution in [0.15, 0.2) is 189 Å². The molecule has 8 heterocycles. The van der Waals surface area contributed by atoms with Crippen molar-refractivity contribution in [2.45, 2.75) is 260 Å². The Kier molecular flexibility index (Phi) is 29.5. The predicted molar refractivity (Wildman–Crippen MR) is 507 cm³/mol. The molecule has 5 aromatic carbocycles. The van der Waals surface area contributed by atoms with Crippen molar-refractivity contribution in [3.63, 3.8) is 0 Å². The number of hydrogen-bond donors (Lipinski definition) is 5. The maximum absolute atomic E-state index is 13.7. The molecule has 0 aliphatic heterocycles. The number of H-pyrrole nitrogens is 4. The van der Waals surface area contributed by atoms with E-state index in [9.17, 15) is 38.4 Å². The summed E-state index contributed by atoms with van der Waals surface area (Å²) in [6, 6.07) is 52.5. The number of hydrogen-bond acceptors (Lipinski definition) is 20. The maximum Gasteiger partial charge on any atom is 0.274 e. The summed E-state index contributed by atoms with van der Waals surface area (Å²) in [5, 5.41) is 15.8. The molecule has 7 aliphatic rings. The van der Waals surface area contributed by atoms with Crippen molar-refractivity contribution < 1.29 is 38.1 Å². The van der Waals surface area contributed by atoms with Crippen LogP contribution in [0.5, 0.6) is 0 Å². The van der Waals surface area contributed by atoms with E-state index in [-0.39, 0.29) is 78.1 Å². The summed E-state index contributed by atoms with van der Waals surface area (Å²) in [7, 11) is 5.63. The molecule has 0 saturated heterocycles. The minimum atomic E-state index is -0.922. The zero-order valence-corrected chi connectivity index (χ0v) is 77.3. The van der Waals surface area contributed by atoms with Crippen molar-refractivity contribution in [2.24, 2.45) is 5.92 Å². The molecule has 0 radical (unpaired) electrons. The molecule has 20 rings (SSSR count). The Labute approximate surface area is 780 Å². The van der Waals surface area contributed by atoms with Crippen molar-refractivity contribution in [1.82, 2.24) is 98.3 Å². The van der Waals surface area contributed by atoms with Gasteiger partial charge in [0.15, 0.2) is 23.3 Å². The van der Waals surface area contributed by atoms with E-state index >= 15 is 0 Å².